The molecule has 1 aromatic rings. The Balaban J connectivity index is 2.23. The molecule has 0 saturated carbocycles. The average Bonchev–Trinajstić information content (AvgIpc) is 2.56. The van der Waals surface area contributed by atoms with E-state index in [1.807, 2.05) is 34.0 Å². The summed E-state index contributed by atoms with van der Waals surface area (Å²) in [6.45, 7) is 5.49. The molecule has 1 fully saturated rings. The minimum Gasteiger partial charge on any atom is -0.391 e. The molecule has 0 bridgehead atoms. The van der Waals surface area contributed by atoms with Crippen LogP contribution in [0.3, 0.4) is 0 Å². The van der Waals surface area contributed by atoms with E-state index in [9.17, 15) is 5.11 Å². The molecule has 0 aromatic carbocycles. The van der Waals surface area contributed by atoms with Gasteiger partial charge in [0.1, 0.15) is 0 Å². The highest BCUT2D eigenvalue weighted by molar-refractivity contribution is 5.36. The molecule has 2 atom stereocenters. The number of anilines is 1. The van der Waals surface area contributed by atoms with Crippen LogP contribution >= 0.6 is 0 Å². The van der Waals surface area contributed by atoms with Gasteiger partial charge in [-0.1, -0.05) is 0 Å². The number of hydrogen-bond acceptors (Lipinski definition) is 5. The molecule has 18 heavy (non-hydrogen) atoms. The maximum absolute atomic E-state index is 9.87. The molecule has 100 valence electrons. The minimum absolute atomic E-state index is 0.278. The largest absolute Gasteiger partial charge is 0.391 e. The first-order valence-electron chi connectivity index (χ1n) is 6.37. The van der Waals surface area contributed by atoms with Gasteiger partial charge in [-0.15, -0.1) is 0 Å². The first-order chi connectivity index (χ1) is 8.45. The topological polar surface area (TPSA) is 52.5 Å². The molecular formula is C13H22N4O. The van der Waals surface area contributed by atoms with Crippen molar-refractivity contribution in [3.8, 4) is 0 Å². The molecule has 1 saturated heterocycles. The van der Waals surface area contributed by atoms with E-state index in [1.165, 1.54) is 0 Å². The molecule has 5 heteroatoms. The molecule has 0 aliphatic carbocycles. The predicted octanol–water partition coefficient (Wildman–Crippen LogP) is 0.595. The van der Waals surface area contributed by atoms with Crippen LogP contribution in [0.15, 0.2) is 6.07 Å². The third kappa shape index (κ3) is 2.97. The summed E-state index contributed by atoms with van der Waals surface area (Å²) in [6, 6.07) is 2.26. The average molecular weight is 250 g/mol. The van der Waals surface area contributed by atoms with Crippen LogP contribution < -0.4 is 4.90 Å². The zero-order valence-electron chi connectivity index (χ0n) is 11.6. The van der Waals surface area contributed by atoms with E-state index in [2.05, 4.69) is 19.8 Å². The predicted molar refractivity (Wildman–Crippen MR) is 71.8 cm³/mol. The molecular weight excluding hydrogens is 228 g/mol. The first kappa shape index (κ1) is 13.2. The van der Waals surface area contributed by atoms with Crippen LogP contribution in [0, 0.1) is 13.8 Å². The van der Waals surface area contributed by atoms with Crippen LogP contribution in [0.2, 0.25) is 0 Å². The van der Waals surface area contributed by atoms with E-state index >= 15 is 0 Å². The number of nitrogens with zero attached hydrogens (tertiary/aromatic N) is 4. The van der Waals surface area contributed by atoms with Gasteiger partial charge in [0.2, 0.25) is 5.95 Å². The van der Waals surface area contributed by atoms with Crippen LogP contribution in [0.1, 0.15) is 17.8 Å². The number of rotatable bonds is 3. The van der Waals surface area contributed by atoms with Gasteiger partial charge in [-0.05, 0) is 40.4 Å². The number of β-amino-alcohol motifs (C(OH)–C–C–N with tert-alkyl or cyclic N) is 1. The highest BCUT2D eigenvalue weighted by Gasteiger charge is 2.32. The Morgan fingerprint density at radius 2 is 1.94 bits per heavy atom. The highest BCUT2D eigenvalue weighted by atomic mass is 16.3. The van der Waals surface area contributed by atoms with Gasteiger partial charge in [0.05, 0.1) is 6.10 Å². The number of aliphatic hydroxyl groups excluding tert-OH is 1. The molecule has 1 N–H and O–H groups in total. The maximum atomic E-state index is 9.87. The lowest BCUT2D eigenvalue weighted by molar-refractivity contribution is 0.191. The number of aryl methyl sites for hydroxylation is 2. The Labute approximate surface area is 108 Å². The lowest BCUT2D eigenvalue weighted by atomic mass is 10.2. The summed E-state index contributed by atoms with van der Waals surface area (Å²) in [5, 5.41) is 9.87. The Bertz CT molecular complexity index is 401. The van der Waals surface area contributed by atoms with Crippen molar-refractivity contribution in [3.63, 3.8) is 0 Å². The quantitative estimate of drug-likeness (QED) is 0.851. The number of aromatic nitrogens is 2. The fourth-order valence-electron chi connectivity index (χ4n) is 2.57. The number of aliphatic hydroxyl groups is 1. The van der Waals surface area contributed by atoms with Gasteiger partial charge in [-0.2, -0.15) is 0 Å². The van der Waals surface area contributed by atoms with Crippen molar-refractivity contribution < 1.29 is 5.11 Å². The summed E-state index contributed by atoms with van der Waals surface area (Å²) in [5.74, 6) is 0.746. The van der Waals surface area contributed by atoms with Gasteiger partial charge in [0.25, 0.3) is 0 Å². The fourth-order valence-corrected chi connectivity index (χ4v) is 2.57. The summed E-state index contributed by atoms with van der Waals surface area (Å²) in [4.78, 5) is 13.3. The van der Waals surface area contributed by atoms with Gasteiger partial charge in [0.15, 0.2) is 0 Å². The second-order valence-electron chi connectivity index (χ2n) is 5.41. The molecule has 1 aliphatic rings. The van der Waals surface area contributed by atoms with Crippen molar-refractivity contribution in [1.82, 2.24) is 14.9 Å². The van der Waals surface area contributed by atoms with Crippen LogP contribution in [0.5, 0.6) is 0 Å². The van der Waals surface area contributed by atoms with Gasteiger partial charge in [0, 0.05) is 30.5 Å². The normalized spacial score (nSPS) is 24.0. The first-order valence-corrected chi connectivity index (χ1v) is 6.37. The van der Waals surface area contributed by atoms with Gasteiger partial charge < -0.3 is 14.9 Å². The van der Waals surface area contributed by atoms with Crippen molar-refractivity contribution >= 4 is 5.95 Å². The third-order valence-electron chi connectivity index (χ3n) is 3.20. The molecule has 2 rings (SSSR count). The van der Waals surface area contributed by atoms with Crippen molar-refractivity contribution in [2.45, 2.75) is 32.4 Å². The summed E-state index contributed by atoms with van der Waals surface area (Å²) in [5.41, 5.74) is 1.95. The Morgan fingerprint density at radius 3 is 2.50 bits per heavy atom. The van der Waals surface area contributed by atoms with E-state index in [1.54, 1.807) is 0 Å². The molecule has 1 aliphatic heterocycles. The van der Waals surface area contributed by atoms with E-state index in [0.29, 0.717) is 6.54 Å². The smallest absolute Gasteiger partial charge is 0.226 e. The highest BCUT2D eigenvalue weighted by Crippen LogP contribution is 2.23. The number of hydrogen-bond donors (Lipinski definition) is 1. The van der Waals surface area contributed by atoms with Crippen LogP contribution in [-0.2, 0) is 0 Å². The minimum atomic E-state index is -0.278. The zero-order valence-corrected chi connectivity index (χ0v) is 11.6. The van der Waals surface area contributed by atoms with E-state index in [0.717, 1.165) is 30.3 Å². The zero-order chi connectivity index (χ0) is 13.3. The monoisotopic (exact) mass is 250 g/mol. The third-order valence-corrected chi connectivity index (χ3v) is 3.20. The fraction of sp³-hybridized carbons (Fsp3) is 0.692. The second kappa shape index (κ2) is 5.20. The van der Waals surface area contributed by atoms with Gasteiger partial charge >= 0.3 is 0 Å². The number of likely N-dealkylation sites (N-methyl/N-ethyl adjacent to an activating group) is 1. The summed E-state index contributed by atoms with van der Waals surface area (Å²) in [6.07, 6.45) is 0.508. The van der Waals surface area contributed by atoms with Crippen LogP contribution in [0.25, 0.3) is 0 Å². The van der Waals surface area contributed by atoms with E-state index in [4.69, 9.17) is 0 Å². The molecule has 0 spiro atoms. The van der Waals surface area contributed by atoms with Crippen LogP contribution in [-0.4, -0.2) is 59.3 Å². The Morgan fingerprint density at radius 1 is 1.33 bits per heavy atom. The summed E-state index contributed by atoms with van der Waals surface area (Å²) < 4.78 is 0. The molecule has 1 aromatic heterocycles. The van der Waals surface area contributed by atoms with Crippen LogP contribution in [0.4, 0.5) is 5.95 Å². The Hall–Kier alpha value is -1.20. The lowest BCUT2D eigenvalue weighted by Crippen LogP contribution is -2.38. The second-order valence-corrected chi connectivity index (χ2v) is 5.41. The molecule has 0 radical (unpaired) electrons. The van der Waals surface area contributed by atoms with Gasteiger partial charge in [-0.25, -0.2) is 9.97 Å². The van der Waals surface area contributed by atoms with Crippen molar-refractivity contribution in [1.29, 1.82) is 0 Å². The van der Waals surface area contributed by atoms with Crippen molar-refractivity contribution in [2.24, 2.45) is 0 Å². The summed E-state index contributed by atoms with van der Waals surface area (Å²) >= 11 is 0. The Kier molecular flexibility index (Phi) is 3.82. The molecule has 2 heterocycles. The van der Waals surface area contributed by atoms with Crippen molar-refractivity contribution in [3.05, 3.63) is 17.5 Å². The van der Waals surface area contributed by atoms with E-state index in [-0.39, 0.29) is 12.1 Å². The summed E-state index contributed by atoms with van der Waals surface area (Å²) in [7, 11) is 4.09. The molecule has 5 nitrogen and oxygen atoms in total. The van der Waals surface area contributed by atoms with Crippen molar-refractivity contribution in [2.75, 3.05) is 32.1 Å². The lowest BCUT2D eigenvalue weighted by Gasteiger charge is -2.27. The molecule has 0 amide bonds. The van der Waals surface area contributed by atoms with E-state index < -0.39 is 0 Å². The SMILES string of the molecule is Cc1cc(C)nc(N2CC(O)CC2CN(C)C)n1. The standard InChI is InChI=1S/C13H22N4O/c1-9-5-10(2)15-13(14-9)17-8-12(18)6-11(17)7-16(3)4/h5,11-12,18H,6-8H2,1-4H3. The maximum Gasteiger partial charge on any atom is 0.226 e. The molecule has 2 unspecified atom stereocenters. The van der Waals surface area contributed by atoms with Gasteiger partial charge in [-0.3, -0.25) is 0 Å².